The Morgan fingerprint density at radius 3 is 2.06 bits per heavy atom. The van der Waals surface area contributed by atoms with Crippen LogP contribution < -0.4 is 0 Å². The van der Waals surface area contributed by atoms with E-state index in [4.69, 9.17) is 11.6 Å². The molecule has 0 fully saturated rings. The third-order valence-electron chi connectivity index (χ3n) is 3.14. The molecule has 0 radical (unpaired) electrons. The maximum atomic E-state index is 12.3. The largest absolute Gasteiger partial charge is 0.289 e. The summed E-state index contributed by atoms with van der Waals surface area (Å²) >= 11 is 5.88. The number of ketones is 2. The first-order chi connectivity index (χ1) is 8.58. The first kappa shape index (κ1) is 11.2. The normalized spacial score (nSPS) is 13.2. The molecule has 0 spiro atoms. The van der Waals surface area contributed by atoms with Crippen molar-refractivity contribution in [1.29, 1.82) is 0 Å². The van der Waals surface area contributed by atoms with Crippen molar-refractivity contribution in [1.82, 2.24) is 0 Å². The van der Waals surface area contributed by atoms with Gasteiger partial charge in [0, 0.05) is 27.3 Å². The molecule has 88 valence electrons. The van der Waals surface area contributed by atoms with Crippen molar-refractivity contribution in [2.75, 3.05) is 0 Å². The molecule has 0 saturated heterocycles. The molecular formula is C15H9ClO2. The second-order valence-corrected chi connectivity index (χ2v) is 4.83. The van der Waals surface area contributed by atoms with Crippen LogP contribution in [0, 0.1) is 6.92 Å². The Bertz CT molecular complexity index is 644. The van der Waals surface area contributed by atoms with E-state index in [2.05, 4.69) is 0 Å². The first-order valence-electron chi connectivity index (χ1n) is 5.57. The van der Waals surface area contributed by atoms with Crippen LogP contribution in [0.2, 0.25) is 5.02 Å². The van der Waals surface area contributed by atoms with Crippen molar-refractivity contribution in [3.63, 3.8) is 0 Å². The van der Waals surface area contributed by atoms with Crippen LogP contribution in [0.25, 0.3) is 0 Å². The maximum absolute atomic E-state index is 12.3. The van der Waals surface area contributed by atoms with Gasteiger partial charge in [-0.1, -0.05) is 29.3 Å². The summed E-state index contributed by atoms with van der Waals surface area (Å²) in [6.07, 6.45) is 0. The van der Waals surface area contributed by atoms with Gasteiger partial charge in [-0.15, -0.1) is 0 Å². The maximum Gasteiger partial charge on any atom is 0.194 e. The van der Waals surface area contributed by atoms with Crippen molar-refractivity contribution >= 4 is 23.2 Å². The fourth-order valence-electron chi connectivity index (χ4n) is 2.24. The van der Waals surface area contributed by atoms with Gasteiger partial charge in [0.25, 0.3) is 0 Å². The predicted molar refractivity (Wildman–Crippen MR) is 69.5 cm³/mol. The number of fused-ring (bicyclic) bond motifs is 2. The van der Waals surface area contributed by atoms with E-state index in [0.717, 1.165) is 5.56 Å². The van der Waals surface area contributed by atoms with Crippen LogP contribution in [-0.4, -0.2) is 11.6 Å². The predicted octanol–water partition coefficient (Wildman–Crippen LogP) is 3.42. The van der Waals surface area contributed by atoms with Crippen LogP contribution in [0.1, 0.15) is 37.4 Å². The highest BCUT2D eigenvalue weighted by molar-refractivity contribution is 6.33. The van der Waals surface area contributed by atoms with Gasteiger partial charge in [0.2, 0.25) is 0 Å². The summed E-state index contributed by atoms with van der Waals surface area (Å²) < 4.78 is 0. The second-order valence-electron chi connectivity index (χ2n) is 4.40. The number of carbonyl (C=O) groups excluding carboxylic acids is 2. The minimum absolute atomic E-state index is 0.115. The Morgan fingerprint density at radius 1 is 0.778 bits per heavy atom. The lowest BCUT2D eigenvalue weighted by Gasteiger charge is -2.17. The molecule has 0 amide bonds. The molecule has 0 unspecified atom stereocenters. The summed E-state index contributed by atoms with van der Waals surface area (Å²) in [5, 5.41) is 0.464. The molecular weight excluding hydrogens is 248 g/mol. The standard InChI is InChI=1S/C15H9ClO2/c1-8-2-4-10-12(6-8)15(18)13-7-9(16)3-5-11(13)14(10)17/h2-7H,1H3. The average Bonchev–Trinajstić information content (AvgIpc) is 2.35. The molecule has 2 aromatic carbocycles. The van der Waals surface area contributed by atoms with E-state index in [-0.39, 0.29) is 11.6 Å². The number of hydrogen-bond acceptors (Lipinski definition) is 2. The molecule has 0 aliphatic heterocycles. The summed E-state index contributed by atoms with van der Waals surface area (Å²) in [7, 11) is 0. The Labute approximate surface area is 109 Å². The summed E-state index contributed by atoms with van der Waals surface area (Å²) in [4.78, 5) is 24.6. The van der Waals surface area contributed by atoms with E-state index in [0.29, 0.717) is 27.3 Å². The molecule has 0 bridgehead atoms. The van der Waals surface area contributed by atoms with E-state index >= 15 is 0 Å². The Kier molecular flexibility index (Phi) is 2.35. The van der Waals surface area contributed by atoms with Crippen LogP contribution in [0.3, 0.4) is 0 Å². The topological polar surface area (TPSA) is 34.1 Å². The zero-order valence-electron chi connectivity index (χ0n) is 9.66. The third kappa shape index (κ3) is 1.50. The molecule has 2 nitrogen and oxygen atoms in total. The van der Waals surface area contributed by atoms with Gasteiger partial charge >= 0.3 is 0 Å². The van der Waals surface area contributed by atoms with Gasteiger partial charge in [-0.3, -0.25) is 9.59 Å². The SMILES string of the molecule is Cc1ccc2c(c1)C(=O)c1cc(Cl)ccc1C2=O. The van der Waals surface area contributed by atoms with Gasteiger partial charge in [-0.05, 0) is 31.2 Å². The van der Waals surface area contributed by atoms with Crippen molar-refractivity contribution in [3.05, 3.63) is 69.2 Å². The molecule has 0 heterocycles. The Hall–Kier alpha value is -1.93. The van der Waals surface area contributed by atoms with Crippen LogP contribution >= 0.6 is 11.6 Å². The van der Waals surface area contributed by atoms with Gasteiger partial charge < -0.3 is 0 Å². The van der Waals surface area contributed by atoms with Crippen LogP contribution in [0.5, 0.6) is 0 Å². The van der Waals surface area contributed by atoms with Crippen LogP contribution in [0.4, 0.5) is 0 Å². The van der Waals surface area contributed by atoms with Crippen molar-refractivity contribution in [2.24, 2.45) is 0 Å². The zero-order valence-corrected chi connectivity index (χ0v) is 10.4. The fourth-order valence-corrected chi connectivity index (χ4v) is 2.41. The highest BCUT2D eigenvalue weighted by Gasteiger charge is 2.29. The van der Waals surface area contributed by atoms with Crippen LogP contribution in [0.15, 0.2) is 36.4 Å². The number of hydrogen-bond donors (Lipinski definition) is 0. The molecule has 3 rings (SSSR count). The van der Waals surface area contributed by atoms with Crippen molar-refractivity contribution in [3.8, 4) is 0 Å². The molecule has 0 saturated carbocycles. The smallest absolute Gasteiger partial charge is 0.194 e. The van der Waals surface area contributed by atoms with E-state index in [9.17, 15) is 9.59 Å². The highest BCUT2D eigenvalue weighted by atomic mass is 35.5. The van der Waals surface area contributed by atoms with E-state index in [1.54, 1.807) is 30.3 Å². The van der Waals surface area contributed by atoms with Crippen molar-refractivity contribution in [2.45, 2.75) is 6.92 Å². The lowest BCUT2D eigenvalue weighted by Crippen LogP contribution is -2.20. The monoisotopic (exact) mass is 256 g/mol. The number of aryl methyl sites for hydroxylation is 1. The lowest BCUT2D eigenvalue weighted by atomic mass is 9.83. The van der Waals surface area contributed by atoms with Gasteiger partial charge in [0.15, 0.2) is 11.6 Å². The van der Waals surface area contributed by atoms with E-state index in [1.165, 1.54) is 0 Å². The molecule has 1 aliphatic carbocycles. The Balaban J connectivity index is 2.32. The molecule has 0 N–H and O–H groups in total. The quantitative estimate of drug-likeness (QED) is 0.618. The second kappa shape index (κ2) is 3.79. The zero-order chi connectivity index (χ0) is 12.9. The third-order valence-corrected chi connectivity index (χ3v) is 3.37. The van der Waals surface area contributed by atoms with Crippen LogP contribution in [-0.2, 0) is 0 Å². The number of benzene rings is 2. The fraction of sp³-hybridized carbons (Fsp3) is 0.0667. The minimum atomic E-state index is -0.134. The van der Waals surface area contributed by atoms with Crippen molar-refractivity contribution < 1.29 is 9.59 Å². The average molecular weight is 257 g/mol. The van der Waals surface area contributed by atoms with Gasteiger partial charge in [0.1, 0.15) is 0 Å². The molecule has 18 heavy (non-hydrogen) atoms. The van der Waals surface area contributed by atoms with Gasteiger partial charge in [-0.2, -0.15) is 0 Å². The molecule has 0 atom stereocenters. The summed E-state index contributed by atoms with van der Waals surface area (Å²) in [6.45, 7) is 1.89. The molecule has 2 aromatic rings. The molecule has 3 heteroatoms. The molecule has 0 aromatic heterocycles. The van der Waals surface area contributed by atoms with E-state index < -0.39 is 0 Å². The number of rotatable bonds is 0. The summed E-state index contributed by atoms with van der Waals surface area (Å²) in [5.41, 5.74) is 2.72. The number of carbonyl (C=O) groups is 2. The Morgan fingerprint density at radius 2 is 1.33 bits per heavy atom. The first-order valence-corrected chi connectivity index (χ1v) is 5.95. The minimum Gasteiger partial charge on any atom is -0.289 e. The van der Waals surface area contributed by atoms with E-state index in [1.807, 2.05) is 13.0 Å². The molecule has 1 aliphatic rings. The summed E-state index contributed by atoms with van der Waals surface area (Å²) in [6, 6.07) is 10.1. The lowest BCUT2D eigenvalue weighted by molar-refractivity contribution is 0.0979. The van der Waals surface area contributed by atoms with Gasteiger partial charge in [0.05, 0.1) is 0 Å². The van der Waals surface area contributed by atoms with Gasteiger partial charge in [-0.25, -0.2) is 0 Å². The highest BCUT2D eigenvalue weighted by Crippen LogP contribution is 2.29. The summed E-state index contributed by atoms with van der Waals surface area (Å²) in [5.74, 6) is -0.248. The number of halogens is 1.